The molecular weight excluding hydrogens is 240 g/mol. The number of nitrogens with one attached hydrogen (secondary N) is 3. The molecule has 0 unspecified atom stereocenters. The average molecular weight is 258 g/mol. The maximum Gasteiger partial charge on any atom is 0.154 e. The van der Waals surface area contributed by atoms with Gasteiger partial charge in [0.2, 0.25) is 0 Å². The number of nitrogens with zero attached hydrogens (tertiary/aromatic N) is 3. The van der Waals surface area contributed by atoms with Crippen LogP contribution in [-0.4, -0.2) is 54.7 Å². The maximum absolute atomic E-state index is 8.35. The summed E-state index contributed by atoms with van der Waals surface area (Å²) in [6, 6.07) is 1.93. The number of aromatic amines is 1. The van der Waals surface area contributed by atoms with E-state index in [-0.39, 0.29) is 0 Å². The molecule has 0 saturated carbocycles. The van der Waals surface area contributed by atoms with Gasteiger partial charge in [-0.3, -0.25) is 15.2 Å². The second kappa shape index (κ2) is 4.99. The summed E-state index contributed by atoms with van der Waals surface area (Å²) in [6.45, 7) is 8.57. The number of piperazine rings is 1. The number of allylic oxidation sites excluding steroid dienone is 1. The van der Waals surface area contributed by atoms with E-state index in [1.807, 2.05) is 17.2 Å². The Bertz CT molecular complexity index is 523. The Labute approximate surface area is 112 Å². The lowest BCUT2D eigenvalue weighted by Gasteiger charge is -2.32. The first kappa shape index (κ1) is 12.1. The van der Waals surface area contributed by atoms with Crippen LogP contribution in [0.25, 0.3) is 0 Å². The van der Waals surface area contributed by atoms with Crippen LogP contribution >= 0.6 is 0 Å². The van der Waals surface area contributed by atoms with Crippen molar-refractivity contribution in [3.8, 4) is 0 Å². The molecule has 0 atom stereocenters. The van der Waals surface area contributed by atoms with Crippen LogP contribution in [-0.2, 0) is 0 Å². The summed E-state index contributed by atoms with van der Waals surface area (Å²) in [4.78, 5) is 11.5. The summed E-state index contributed by atoms with van der Waals surface area (Å²) in [5.41, 5.74) is 1.65. The standard InChI is InChI=1S/C13H18N6/c1-10-8-17-13-11(2-3-16-13)19(10)12(14)9-18-6-4-15-5-7-18/h2-3,8,14-16H,1,4-7,9H2. The van der Waals surface area contributed by atoms with Crippen LogP contribution in [0.2, 0.25) is 0 Å². The number of aliphatic imine (C=N–C) groups is 1. The fourth-order valence-electron chi connectivity index (χ4n) is 2.46. The fraction of sp³-hybridized carbons (Fsp3) is 0.385. The molecule has 0 bridgehead atoms. The van der Waals surface area contributed by atoms with Gasteiger partial charge in [-0.05, 0) is 6.07 Å². The third-order valence-corrected chi connectivity index (χ3v) is 3.43. The molecule has 0 amide bonds. The van der Waals surface area contributed by atoms with Gasteiger partial charge in [0.15, 0.2) is 5.82 Å². The van der Waals surface area contributed by atoms with E-state index in [1.54, 1.807) is 6.21 Å². The quantitative estimate of drug-likeness (QED) is 0.546. The molecule has 1 fully saturated rings. The molecule has 3 rings (SSSR count). The summed E-state index contributed by atoms with van der Waals surface area (Å²) >= 11 is 0. The lowest BCUT2D eigenvalue weighted by atomic mass is 10.2. The highest BCUT2D eigenvalue weighted by molar-refractivity contribution is 6.09. The van der Waals surface area contributed by atoms with Gasteiger partial charge < -0.3 is 10.3 Å². The minimum Gasteiger partial charge on any atom is -0.345 e. The summed E-state index contributed by atoms with van der Waals surface area (Å²) in [7, 11) is 0. The SMILES string of the molecule is C=C1C=Nc2[nH]ccc2N1C(=N)CN1CCNCC1. The normalized spacial score (nSPS) is 19.6. The largest absolute Gasteiger partial charge is 0.345 e. The van der Waals surface area contributed by atoms with E-state index in [0.717, 1.165) is 43.4 Å². The molecule has 6 heteroatoms. The Morgan fingerprint density at radius 1 is 1.42 bits per heavy atom. The Morgan fingerprint density at radius 3 is 3.00 bits per heavy atom. The molecule has 19 heavy (non-hydrogen) atoms. The minimum atomic E-state index is 0.541. The number of fused-ring (bicyclic) bond motifs is 1. The fourth-order valence-corrected chi connectivity index (χ4v) is 2.46. The molecular formula is C13H18N6. The molecule has 3 N–H and O–H groups in total. The summed E-state index contributed by atoms with van der Waals surface area (Å²) < 4.78 is 0. The zero-order chi connectivity index (χ0) is 13.2. The van der Waals surface area contributed by atoms with Crippen LogP contribution in [0.5, 0.6) is 0 Å². The van der Waals surface area contributed by atoms with Crippen molar-refractivity contribution >= 4 is 23.6 Å². The predicted molar refractivity (Wildman–Crippen MR) is 77.6 cm³/mol. The van der Waals surface area contributed by atoms with Crippen molar-refractivity contribution in [3.05, 3.63) is 24.5 Å². The van der Waals surface area contributed by atoms with Crippen LogP contribution in [0.1, 0.15) is 0 Å². The second-order valence-corrected chi connectivity index (χ2v) is 4.77. The smallest absolute Gasteiger partial charge is 0.154 e. The molecule has 100 valence electrons. The molecule has 6 nitrogen and oxygen atoms in total. The Balaban J connectivity index is 1.75. The number of anilines is 1. The van der Waals surface area contributed by atoms with E-state index >= 15 is 0 Å². The van der Waals surface area contributed by atoms with Gasteiger partial charge in [0.05, 0.1) is 24.1 Å². The number of hydrogen-bond acceptors (Lipinski definition) is 4. The van der Waals surface area contributed by atoms with Crippen LogP contribution in [0.15, 0.2) is 29.5 Å². The molecule has 1 aromatic rings. The van der Waals surface area contributed by atoms with Gasteiger partial charge in [-0.2, -0.15) is 0 Å². The van der Waals surface area contributed by atoms with Crippen molar-refractivity contribution in [2.24, 2.45) is 4.99 Å². The van der Waals surface area contributed by atoms with Gasteiger partial charge in [-0.25, -0.2) is 4.99 Å². The van der Waals surface area contributed by atoms with E-state index in [9.17, 15) is 0 Å². The molecule has 2 aliphatic rings. The predicted octanol–water partition coefficient (Wildman–Crippen LogP) is 0.933. The number of H-pyrrole nitrogens is 1. The number of hydrogen-bond donors (Lipinski definition) is 3. The number of amidine groups is 1. The number of aromatic nitrogens is 1. The highest BCUT2D eigenvalue weighted by Crippen LogP contribution is 2.32. The Hall–Kier alpha value is -1.92. The molecule has 1 aromatic heterocycles. The zero-order valence-corrected chi connectivity index (χ0v) is 10.8. The molecule has 0 aromatic carbocycles. The first-order valence-electron chi connectivity index (χ1n) is 6.46. The lowest BCUT2D eigenvalue weighted by Crippen LogP contribution is -2.48. The summed E-state index contributed by atoms with van der Waals surface area (Å²) in [5, 5.41) is 11.7. The van der Waals surface area contributed by atoms with Crippen LogP contribution in [0, 0.1) is 5.41 Å². The zero-order valence-electron chi connectivity index (χ0n) is 10.8. The third kappa shape index (κ3) is 2.32. The molecule has 0 aliphatic carbocycles. The summed E-state index contributed by atoms with van der Waals surface area (Å²) in [5.74, 6) is 1.33. The molecule has 2 aliphatic heterocycles. The van der Waals surface area contributed by atoms with Crippen LogP contribution < -0.4 is 10.2 Å². The summed E-state index contributed by atoms with van der Waals surface area (Å²) in [6.07, 6.45) is 3.54. The van der Waals surface area contributed by atoms with E-state index < -0.39 is 0 Å². The topological polar surface area (TPSA) is 70.5 Å². The molecule has 3 heterocycles. The Morgan fingerprint density at radius 2 is 2.21 bits per heavy atom. The number of rotatable bonds is 2. The highest BCUT2D eigenvalue weighted by atomic mass is 15.3. The van der Waals surface area contributed by atoms with Crippen molar-refractivity contribution < 1.29 is 0 Å². The highest BCUT2D eigenvalue weighted by Gasteiger charge is 2.23. The van der Waals surface area contributed by atoms with E-state index in [0.29, 0.717) is 12.4 Å². The van der Waals surface area contributed by atoms with E-state index in [1.165, 1.54) is 0 Å². The van der Waals surface area contributed by atoms with Crippen LogP contribution in [0.3, 0.4) is 0 Å². The van der Waals surface area contributed by atoms with Crippen molar-refractivity contribution in [1.82, 2.24) is 15.2 Å². The second-order valence-electron chi connectivity index (χ2n) is 4.77. The first-order chi connectivity index (χ1) is 9.25. The Kier molecular flexibility index (Phi) is 3.18. The third-order valence-electron chi connectivity index (χ3n) is 3.43. The minimum absolute atomic E-state index is 0.541. The average Bonchev–Trinajstić information content (AvgIpc) is 2.87. The maximum atomic E-state index is 8.35. The molecule has 0 radical (unpaired) electrons. The first-order valence-corrected chi connectivity index (χ1v) is 6.46. The lowest BCUT2D eigenvalue weighted by molar-refractivity contribution is 0.271. The van der Waals surface area contributed by atoms with E-state index in [2.05, 4.69) is 26.8 Å². The van der Waals surface area contributed by atoms with Gasteiger partial charge in [-0.15, -0.1) is 0 Å². The monoisotopic (exact) mass is 258 g/mol. The molecule has 1 saturated heterocycles. The van der Waals surface area contributed by atoms with Crippen LogP contribution in [0.4, 0.5) is 11.5 Å². The van der Waals surface area contributed by atoms with Gasteiger partial charge in [0.1, 0.15) is 5.84 Å². The van der Waals surface area contributed by atoms with Gasteiger partial charge in [0.25, 0.3) is 0 Å². The van der Waals surface area contributed by atoms with Crippen molar-refractivity contribution in [2.75, 3.05) is 37.6 Å². The van der Waals surface area contributed by atoms with Gasteiger partial charge in [0, 0.05) is 32.4 Å². The molecule has 0 spiro atoms. The van der Waals surface area contributed by atoms with E-state index in [4.69, 9.17) is 5.41 Å². The van der Waals surface area contributed by atoms with Crippen molar-refractivity contribution in [1.29, 1.82) is 5.41 Å². The van der Waals surface area contributed by atoms with Crippen molar-refractivity contribution in [2.45, 2.75) is 0 Å². The van der Waals surface area contributed by atoms with Gasteiger partial charge >= 0.3 is 0 Å². The van der Waals surface area contributed by atoms with Gasteiger partial charge in [-0.1, -0.05) is 6.58 Å². The van der Waals surface area contributed by atoms with Crippen molar-refractivity contribution in [3.63, 3.8) is 0 Å².